The number of amides is 2. The molecule has 0 spiro atoms. The molecule has 2 heterocycles. The molecule has 156 valence electrons. The molecule has 0 aliphatic carbocycles. The zero-order valence-electron chi connectivity index (χ0n) is 17.4. The van der Waals surface area contributed by atoms with Gasteiger partial charge in [-0.2, -0.15) is 5.10 Å². The first-order valence-corrected chi connectivity index (χ1v) is 10.1. The fourth-order valence-electron chi connectivity index (χ4n) is 3.36. The minimum atomic E-state index is -0.422. The van der Waals surface area contributed by atoms with Crippen LogP contribution in [0.25, 0.3) is 22.3 Å². The highest BCUT2D eigenvalue weighted by Crippen LogP contribution is 2.26. The molecule has 4 aromatic rings. The van der Waals surface area contributed by atoms with Gasteiger partial charge in [-0.15, -0.1) is 0 Å². The Kier molecular flexibility index (Phi) is 5.75. The number of carbonyl (C=O) groups is 2. The first-order chi connectivity index (χ1) is 15.0. The van der Waals surface area contributed by atoms with Gasteiger partial charge in [0.1, 0.15) is 0 Å². The van der Waals surface area contributed by atoms with Crippen molar-refractivity contribution < 1.29 is 9.59 Å². The molecule has 0 unspecified atom stereocenters. The van der Waals surface area contributed by atoms with E-state index in [1.54, 1.807) is 16.9 Å². The molecule has 0 saturated carbocycles. The van der Waals surface area contributed by atoms with Crippen LogP contribution >= 0.6 is 0 Å². The third-order valence-corrected chi connectivity index (χ3v) is 4.89. The molecule has 2 N–H and O–H groups in total. The van der Waals surface area contributed by atoms with E-state index in [2.05, 4.69) is 16.0 Å². The quantitative estimate of drug-likeness (QED) is 0.489. The second kappa shape index (κ2) is 8.79. The van der Waals surface area contributed by atoms with Crippen LogP contribution in [0.4, 0.5) is 0 Å². The van der Waals surface area contributed by atoms with Crippen LogP contribution in [-0.4, -0.2) is 26.6 Å². The molecular formula is C24H23N5O2. The van der Waals surface area contributed by atoms with E-state index in [9.17, 15) is 9.59 Å². The number of fused-ring (bicyclic) bond motifs is 1. The van der Waals surface area contributed by atoms with Gasteiger partial charge < -0.3 is 0 Å². The molecule has 0 fully saturated rings. The number of rotatable bonds is 5. The molecule has 0 bridgehead atoms. The smallest absolute Gasteiger partial charge is 0.270 e. The molecule has 7 nitrogen and oxygen atoms in total. The Morgan fingerprint density at radius 1 is 0.968 bits per heavy atom. The number of carbonyl (C=O) groups excluding carboxylic acids is 2. The van der Waals surface area contributed by atoms with Crippen molar-refractivity contribution in [3.63, 3.8) is 0 Å². The number of hydrogen-bond donors (Lipinski definition) is 2. The lowest BCUT2D eigenvalue weighted by Crippen LogP contribution is -2.42. The van der Waals surface area contributed by atoms with Crippen LogP contribution < -0.4 is 10.9 Å². The zero-order chi connectivity index (χ0) is 21.8. The number of hydrazine groups is 1. The lowest BCUT2D eigenvalue weighted by molar-refractivity contribution is -0.121. The topological polar surface area (TPSA) is 88.9 Å². The average molecular weight is 413 g/mol. The summed E-state index contributed by atoms with van der Waals surface area (Å²) in [4.78, 5) is 30.0. The summed E-state index contributed by atoms with van der Waals surface area (Å²) in [5.41, 5.74) is 8.46. The van der Waals surface area contributed by atoms with Gasteiger partial charge >= 0.3 is 0 Å². The van der Waals surface area contributed by atoms with Gasteiger partial charge in [0.25, 0.3) is 5.91 Å². The number of aromatic nitrogens is 3. The van der Waals surface area contributed by atoms with E-state index in [0.29, 0.717) is 22.3 Å². The molecule has 0 atom stereocenters. The monoisotopic (exact) mass is 413 g/mol. The summed E-state index contributed by atoms with van der Waals surface area (Å²) in [7, 11) is 0. The maximum Gasteiger partial charge on any atom is 0.270 e. The summed E-state index contributed by atoms with van der Waals surface area (Å²) in [6.07, 6.45) is 1.81. The predicted molar refractivity (Wildman–Crippen MR) is 119 cm³/mol. The highest BCUT2D eigenvalue weighted by Gasteiger charge is 2.19. The van der Waals surface area contributed by atoms with Crippen molar-refractivity contribution in [2.75, 3.05) is 0 Å². The Hall–Kier alpha value is -4.00. The summed E-state index contributed by atoms with van der Waals surface area (Å²) in [6.45, 7) is 4.01. The van der Waals surface area contributed by atoms with Crippen LogP contribution in [0.15, 0.2) is 72.9 Å². The summed E-state index contributed by atoms with van der Waals surface area (Å²) in [6, 6.07) is 20.8. The second-order valence-corrected chi connectivity index (χ2v) is 7.51. The minimum absolute atomic E-state index is 0.0810. The number of pyridine rings is 1. The minimum Gasteiger partial charge on any atom is -0.273 e. The Morgan fingerprint density at radius 3 is 2.32 bits per heavy atom. The van der Waals surface area contributed by atoms with E-state index in [-0.39, 0.29) is 18.4 Å². The van der Waals surface area contributed by atoms with Gasteiger partial charge in [0.15, 0.2) is 5.65 Å². The fourth-order valence-corrected chi connectivity index (χ4v) is 3.36. The van der Waals surface area contributed by atoms with Crippen molar-refractivity contribution in [1.29, 1.82) is 0 Å². The van der Waals surface area contributed by atoms with Crippen LogP contribution in [0.2, 0.25) is 0 Å². The molecule has 0 aliphatic heterocycles. The molecule has 2 amide bonds. The van der Waals surface area contributed by atoms with Gasteiger partial charge in [-0.1, -0.05) is 60.7 Å². The molecule has 2 aromatic carbocycles. The van der Waals surface area contributed by atoms with Gasteiger partial charge in [-0.3, -0.25) is 20.4 Å². The highest BCUT2D eigenvalue weighted by atomic mass is 16.2. The van der Waals surface area contributed by atoms with E-state index in [4.69, 9.17) is 4.98 Å². The summed E-state index contributed by atoms with van der Waals surface area (Å²) < 4.78 is 1.78. The molecular weight excluding hydrogens is 390 g/mol. The predicted octanol–water partition coefficient (Wildman–Crippen LogP) is 3.68. The van der Waals surface area contributed by atoms with Crippen molar-refractivity contribution >= 4 is 22.8 Å². The Labute approximate surface area is 180 Å². The van der Waals surface area contributed by atoms with Crippen molar-refractivity contribution in [2.24, 2.45) is 0 Å². The Bertz CT molecular complexity index is 1220. The third-order valence-electron chi connectivity index (χ3n) is 4.89. The Balaban J connectivity index is 1.62. The lowest BCUT2D eigenvalue weighted by atomic mass is 10.1. The standard InChI is InChI=1S/C24H23N5O2/c1-16(2)29-23-20(15-25-29)19(14-21(26-23)18-11-7-4-8-12-18)24(31)28-27-22(30)13-17-9-5-3-6-10-17/h3-12,14-16H,13H2,1-2H3,(H,27,30)(H,28,31). The molecule has 31 heavy (non-hydrogen) atoms. The van der Waals surface area contributed by atoms with E-state index < -0.39 is 5.91 Å². The van der Waals surface area contributed by atoms with Gasteiger partial charge in [0.05, 0.1) is 29.3 Å². The average Bonchev–Trinajstić information content (AvgIpc) is 3.22. The first kappa shape index (κ1) is 20.3. The maximum atomic E-state index is 13.0. The Morgan fingerprint density at radius 2 is 1.65 bits per heavy atom. The van der Waals surface area contributed by atoms with Crippen LogP contribution in [0.5, 0.6) is 0 Å². The fraction of sp³-hybridized carbons (Fsp3) is 0.167. The molecule has 2 aromatic heterocycles. The second-order valence-electron chi connectivity index (χ2n) is 7.51. The van der Waals surface area contributed by atoms with Crippen molar-refractivity contribution in [3.8, 4) is 11.3 Å². The number of benzene rings is 2. The third kappa shape index (κ3) is 4.45. The van der Waals surface area contributed by atoms with E-state index in [1.807, 2.05) is 74.5 Å². The molecule has 0 aliphatic rings. The van der Waals surface area contributed by atoms with Gasteiger partial charge in [0.2, 0.25) is 5.91 Å². The normalized spacial score (nSPS) is 10.9. The van der Waals surface area contributed by atoms with Gasteiger partial charge in [-0.05, 0) is 25.5 Å². The zero-order valence-corrected chi connectivity index (χ0v) is 17.4. The van der Waals surface area contributed by atoms with Gasteiger partial charge in [0, 0.05) is 11.6 Å². The number of nitrogens with zero attached hydrogens (tertiary/aromatic N) is 3. The highest BCUT2D eigenvalue weighted by molar-refractivity contribution is 6.07. The van der Waals surface area contributed by atoms with Crippen molar-refractivity contribution in [3.05, 3.63) is 84.1 Å². The maximum absolute atomic E-state index is 13.0. The van der Waals surface area contributed by atoms with E-state index in [0.717, 1.165) is 11.1 Å². The van der Waals surface area contributed by atoms with E-state index in [1.165, 1.54) is 0 Å². The molecule has 0 radical (unpaired) electrons. The lowest BCUT2D eigenvalue weighted by Gasteiger charge is -2.12. The SMILES string of the molecule is CC(C)n1ncc2c(C(=O)NNC(=O)Cc3ccccc3)cc(-c3ccccc3)nc21. The summed E-state index contributed by atoms with van der Waals surface area (Å²) >= 11 is 0. The van der Waals surface area contributed by atoms with Crippen LogP contribution in [0.3, 0.4) is 0 Å². The number of nitrogens with one attached hydrogen (secondary N) is 2. The first-order valence-electron chi connectivity index (χ1n) is 10.1. The molecule has 7 heteroatoms. The van der Waals surface area contributed by atoms with E-state index >= 15 is 0 Å². The van der Waals surface area contributed by atoms with Crippen LogP contribution in [0, 0.1) is 0 Å². The van der Waals surface area contributed by atoms with Gasteiger partial charge in [-0.25, -0.2) is 9.67 Å². The molecule has 4 rings (SSSR count). The van der Waals surface area contributed by atoms with Crippen molar-refractivity contribution in [2.45, 2.75) is 26.3 Å². The summed E-state index contributed by atoms with van der Waals surface area (Å²) in [5, 5.41) is 5.04. The van der Waals surface area contributed by atoms with Crippen LogP contribution in [-0.2, 0) is 11.2 Å². The van der Waals surface area contributed by atoms with Crippen molar-refractivity contribution in [1.82, 2.24) is 25.6 Å². The largest absolute Gasteiger partial charge is 0.273 e. The van der Waals surface area contributed by atoms with Crippen LogP contribution in [0.1, 0.15) is 35.8 Å². The number of hydrogen-bond acceptors (Lipinski definition) is 4. The summed E-state index contributed by atoms with van der Waals surface area (Å²) in [5.74, 6) is -0.722. The molecule has 0 saturated heterocycles.